The first-order valence-corrected chi connectivity index (χ1v) is 13.2. The topological polar surface area (TPSA) is 134 Å². The van der Waals surface area contributed by atoms with Crippen molar-refractivity contribution in [2.45, 2.75) is 63.7 Å². The van der Waals surface area contributed by atoms with Crippen molar-refractivity contribution in [3.63, 3.8) is 0 Å². The maximum atomic E-state index is 12.9. The number of phenols is 1. The number of piperidine rings is 2. The van der Waals surface area contributed by atoms with Crippen LogP contribution in [0.25, 0.3) is 5.70 Å². The molecule has 1 saturated carbocycles. The monoisotopic (exact) mass is 536 g/mol. The van der Waals surface area contributed by atoms with Crippen molar-refractivity contribution >= 4 is 11.6 Å². The summed E-state index contributed by atoms with van der Waals surface area (Å²) >= 11 is 0. The number of benzene rings is 1. The standard InChI is InChI=1S/C27H39F3N6O2/c1-17(25(33)21-5-4-18(12-22(21)37)27(28,29)30)11-23(32)34-20-3-2-8-35(15-20)16-24(38)36-9-6-26(7-10-36)13-19(31)14-26/h4-5,11-12,19-20,34,37H,2-3,6-10,13-16,31-33H2,1H3/b23-11+,25-17-. The lowest BCUT2D eigenvalue weighted by atomic mass is 9.61. The van der Waals surface area contributed by atoms with E-state index in [0.29, 0.717) is 42.0 Å². The average molecular weight is 537 g/mol. The molecule has 2 heterocycles. The molecule has 1 aliphatic carbocycles. The summed E-state index contributed by atoms with van der Waals surface area (Å²) in [5, 5.41) is 13.4. The third-order valence-electron chi connectivity index (χ3n) is 8.21. The van der Waals surface area contributed by atoms with Crippen molar-refractivity contribution in [3.8, 4) is 5.75 Å². The number of amides is 1. The van der Waals surface area contributed by atoms with Gasteiger partial charge in [0.05, 0.1) is 17.9 Å². The van der Waals surface area contributed by atoms with Crippen LogP contribution in [0.1, 0.15) is 56.6 Å². The minimum Gasteiger partial charge on any atom is -0.507 e. The lowest BCUT2D eigenvalue weighted by molar-refractivity contribution is -0.138. The van der Waals surface area contributed by atoms with Crippen molar-refractivity contribution in [2.24, 2.45) is 22.6 Å². The number of phenolic OH excluding ortho intramolecular Hbond substituents is 1. The largest absolute Gasteiger partial charge is 0.507 e. The van der Waals surface area contributed by atoms with E-state index in [0.717, 1.165) is 70.3 Å². The Morgan fingerprint density at radius 3 is 2.50 bits per heavy atom. The molecule has 210 valence electrons. The number of carbonyl (C=O) groups excluding carboxylic acids is 1. The number of likely N-dealkylation sites (tertiary alicyclic amines) is 2. The Kier molecular flexibility index (Phi) is 8.17. The van der Waals surface area contributed by atoms with Crippen LogP contribution in [0.2, 0.25) is 0 Å². The van der Waals surface area contributed by atoms with Gasteiger partial charge in [-0.3, -0.25) is 9.69 Å². The summed E-state index contributed by atoms with van der Waals surface area (Å²) in [5.74, 6) is -0.0325. The maximum absolute atomic E-state index is 12.9. The molecule has 1 amide bonds. The van der Waals surface area contributed by atoms with Crippen LogP contribution in [0.4, 0.5) is 13.2 Å². The van der Waals surface area contributed by atoms with Crippen molar-refractivity contribution < 1.29 is 23.1 Å². The molecule has 3 aliphatic rings. The van der Waals surface area contributed by atoms with E-state index in [-0.39, 0.29) is 23.2 Å². The number of halogens is 3. The van der Waals surface area contributed by atoms with Gasteiger partial charge in [-0.2, -0.15) is 13.2 Å². The fourth-order valence-corrected chi connectivity index (χ4v) is 6.04. The fourth-order valence-electron chi connectivity index (χ4n) is 6.04. The molecule has 1 aromatic carbocycles. The Balaban J connectivity index is 1.30. The van der Waals surface area contributed by atoms with Gasteiger partial charge in [-0.25, -0.2) is 0 Å². The molecule has 8 N–H and O–H groups in total. The lowest BCUT2D eigenvalue weighted by Crippen LogP contribution is -2.55. The summed E-state index contributed by atoms with van der Waals surface area (Å²) in [4.78, 5) is 17.1. The van der Waals surface area contributed by atoms with Gasteiger partial charge in [0.2, 0.25) is 5.91 Å². The van der Waals surface area contributed by atoms with Crippen LogP contribution in [-0.2, 0) is 11.0 Å². The van der Waals surface area contributed by atoms with Gasteiger partial charge < -0.3 is 32.5 Å². The number of hydrogen-bond donors (Lipinski definition) is 5. The molecule has 0 aromatic heterocycles. The molecule has 1 unspecified atom stereocenters. The van der Waals surface area contributed by atoms with Crippen LogP contribution in [0.3, 0.4) is 0 Å². The zero-order valence-electron chi connectivity index (χ0n) is 21.9. The van der Waals surface area contributed by atoms with Gasteiger partial charge in [0, 0.05) is 43.0 Å². The van der Waals surface area contributed by atoms with Crippen molar-refractivity contribution in [2.75, 3.05) is 32.7 Å². The average Bonchev–Trinajstić information content (AvgIpc) is 2.82. The minimum atomic E-state index is -4.56. The number of nitrogens with one attached hydrogen (secondary N) is 1. The SMILES string of the molecule is CC(/C=C(\N)NC1CCCN(CC(=O)N2CCC3(CC2)CC(N)C3)C1)=C(/N)c1ccc(C(F)(F)F)cc1O. The summed E-state index contributed by atoms with van der Waals surface area (Å²) in [5.41, 5.74) is 18.5. The predicted molar refractivity (Wildman–Crippen MR) is 140 cm³/mol. The third-order valence-corrected chi connectivity index (χ3v) is 8.21. The van der Waals surface area contributed by atoms with Gasteiger partial charge in [0.1, 0.15) is 5.75 Å². The highest BCUT2D eigenvalue weighted by atomic mass is 19.4. The quantitative estimate of drug-likeness (QED) is 0.353. The molecule has 11 heteroatoms. The van der Waals surface area contributed by atoms with Gasteiger partial charge in [-0.05, 0) is 87.3 Å². The number of rotatable bonds is 6. The molecule has 4 rings (SSSR count). The predicted octanol–water partition coefficient (Wildman–Crippen LogP) is 2.68. The number of aromatic hydroxyl groups is 1. The van der Waals surface area contributed by atoms with Gasteiger partial charge in [0.25, 0.3) is 0 Å². The normalized spacial score (nSPS) is 23.7. The van der Waals surface area contributed by atoms with Crippen LogP contribution in [0.15, 0.2) is 35.7 Å². The van der Waals surface area contributed by atoms with E-state index < -0.39 is 17.5 Å². The van der Waals surface area contributed by atoms with Gasteiger partial charge >= 0.3 is 6.18 Å². The molecule has 2 aliphatic heterocycles. The van der Waals surface area contributed by atoms with E-state index in [4.69, 9.17) is 17.2 Å². The number of carbonyl (C=O) groups is 1. The second kappa shape index (κ2) is 11.1. The minimum absolute atomic E-state index is 0.0439. The summed E-state index contributed by atoms with van der Waals surface area (Å²) in [6.45, 7) is 5.18. The first-order chi connectivity index (χ1) is 17.8. The second-order valence-electron chi connectivity index (χ2n) is 11.2. The number of alkyl halides is 3. The smallest absolute Gasteiger partial charge is 0.416 e. The van der Waals surface area contributed by atoms with Crippen molar-refractivity contribution in [1.82, 2.24) is 15.1 Å². The third kappa shape index (κ3) is 6.55. The number of allylic oxidation sites excluding steroid dienone is 2. The Morgan fingerprint density at radius 2 is 1.89 bits per heavy atom. The maximum Gasteiger partial charge on any atom is 0.416 e. The molecule has 3 fully saturated rings. The van der Waals surface area contributed by atoms with Crippen molar-refractivity contribution in [3.05, 3.63) is 46.8 Å². The Labute approximate surface area is 221 Å². The summed E-state index contributed by atoms with van der Waals surface area (Å²) in [7, 11) is 0. The van der Waals surface area contributed by atoms with E-state index in [2.05, 4.69) is 10.2 Å². The molecule has 0 bridgehead atoms. The van der Waals surface area contributed by atoms with E-state index in [1.54, 1.807) is 13.0 Å². The Morgan fingerprint density at radius 1 is 1.21 bits per heavy atom. The van der Waals surface area contributed by atoms with Crippen LogP contribution in [0.5, 0.6) is 5.75 Å². The van der Waals surface area contributed by atoms with Crippen LogP contribution in [-0.4, -0.2) is 65.6 Å². The summed E-state index contributed by atoms with van der Waals surface area (Å²) in [6.07, 6.45) is 3.10. The Bertz CT molecular complexity index is 1090. The number of nitrogens with zero attached hydrogens (tertiary/aromatic N) is 2. The summed E-state index contributed by atoms with van der Waals surface area (Å²) in [6, 6.07) is 3.05. The lowest BCUT2D eigenvalue weighted by Gasteiger charge is -2.51. The van der Waals surface area contributed by atoms with Crippen LogP contribution < -0.4 is 22.5 Å². The van der Waals surface area contributed by atoms with E-state index >= 15 is 0 Å². The molecule has 0 radical (unpaired) electrons. The molecule has 1 aromatic rings. The molecule has 1 atom stereocenters. The zero-order valence-corrected chi connectivity index (χ0v) is 21.9. The molecule has 38 heavy (non-hydrogen) atoms. The van der Waals surface area contributed by atoms with Gasteiger partial charge in [0.15, 0.2) is 0 Å². The fraction of sp³-hybridized carbons (Fsp3) is 0.593. The highest BCUT2D eigenvalue weighted by Crippen LogP contribution is 2.48. The molecule has 8 nitrogen and oxygen atoms in total. The molecule has 1 spiro atoms. The highest BCUT2D eigenvalue weighted by molar-refractivity contribution is 5.78. The molecular formula is C27H39F3N6O2. The van der Waals surface area contributed by atoms with Gasteiger partial charge in [-0.1, -0.05) is 0 Å². The number of hydrogen-bond acceptors (Lipinski definition) is 7. The van der Waals surface area contributed by atoms with E-state index in [1.165, 1.54) is 0 Å². The molecule has 2 saturated heterocycles. The van der Waals surface area contributed by atoms with E-state index in [1.807, 2.05) is 4.90 Å². The highest BCUT2D eigenvalue weighted by Gasteiger charge is 2.44. The Hall–Kier alpha value is -2.92. The zero-order chi connectivity index (χ0) is 27.7. The first kappa shape index (κ1) is 28.1. The first-order valence-electron chi connectivity index (χ1n) is 13.2. The van der Waals surface area contributed by atoms with Crippen LogP contribution in [0, 0.1) is 5.41 Å². The number of nitrogens with two attached hydrogens (primary N) is 3. The second-order valence-corrected chi connectivity index (χ2v) is 11.2. The summed E-state index contributed by atoms with van der Waals surface area (Å²) < 4.78 is 38.7. The molecular weight excluding hydrogens is 497 g/mol. The van der Waals surface area contributed by atoms with Gasteiger partial charge in [-0.15, -0.1) is 0 Å². The van der Waals surface area contributed by atoms with Crippen LogP contribution >= 0.6 is 0 Å². The van der Waals surface area contributed by atoms with Crippen molar-refractivity contribution in [1.29, 1.82) is 0 Å². The van der Waals surface area contributed by atoms with E-state index in [9.17, 15) is 23.1 Å².